The molecular weight excluding hydrogens is 218 g/mol. The van der Waals surface area contributed by atoms with Gasteiger partial charge in [-0.05, 0) is 31.4 Å². The molecule has 0 aromatic heterocycles. The molecule has 1 aromatic carbocycles. The van der Waals surface area contributed by atoms with Crippen LogP contribution in [-0.2, 0) is 4.74 Å². The van der Waals surface area contributed by atoms with Gasteiger partial charge in [-0.2, -0.15) is 0 Å². The Labute approximate surface area is 100 Å². The number of aliphatic hydroxyl groups is 1. The molecule has 0 spiro atoms. The second kappa shape index (κ2) is 5.29. The Bertz CT molecular complexity index is 380. The van der Waals surface area contributed by atoms with E-state index in [4.69, 9.17) is 10.5 Å². The Kier molecular flexibility index (Phi) is 3.76. The number of rotatable bonds is 2. The third kappa shape index (κ3) is 3.05. The van der Waals surface area contributed by atoms with Crippen molar-refractivity contribution in [3.05, 3.63) is 35.9 Å². The maximum atomic E-state index is 11.8. The molecule has 1 aromatic rings. The van der Waals surface area contributed by atoms with Crippen LogP contribution in [0.5, 0.6) is 0 Å². The maximum absolute atomic E-state index is 11.8. The molecule has 1 fully saturated rings. The fourth-order valence-electron chi connectivity index (χ4n) is 2.08. The van der Waals surface area contributed by atoms with Gasteiger partial charge in [0.15, 0.2) is 0 Å². The van der Waals surface area contributed by atoms with Crippen molar-refractivity contribution in [2.75, 3.05) is 0 Å². The Morgan fingerprint density at radius 3 is 2.65 bits per heavy atom. The fraction of sp³-hybridized carbons (Fsp3) is 0.462. The van der Waals surface area contributed by atoms with Crippen LogP contribution in [0.1, 0.15) is 29.6 Å². The molecule has 0 aliphatic heterocycles. The van der Waals surface area contributed by atoms with Crippen molar-refractivity contribution in [1.29, 1.82) is 0 Å². The lowest BCUT2D eigenvalue weighted by atomic mass is 9.91. The Morgan fingerprint density at radius 1 is 1.29 bits per heavy atom. The Balaban J connectivity index is 1.95. The van der Waals surface area contributed by atoms with E-state index in [0.717, 1.165) is 0 Å². The predicted molar refractivity (Wildman–Crippen MR) is 63.5 cm³/mol. The first-order valence-electron chi connectivity index (χ1n) is 5.86. The zero-order valence-corrected chi connectivity index (χ0v) is 9.58. The number of carbonyl (C=O) groups is 1. The molecule has 4 heteroatoms. The smallest absolute Gasteiger partial charge is 0.338 e. The van der Waals surface area contributed by atoms with Gasteiger partial charge in [0.25, 0.3) is 0 Å². The molecule has 1 aliphatic carbocycles. The van der Waals surface area contributed by atoms with E-state index < -0.39 is 0 Å². The molecule has 3 atom stereocenters. The van der Waals surface area contributed by atoms with E-state index in [1.165, 1.54) is 0 Å². The average Bonchev–Trinajstić information content (AvgIpc) is 2.34. The van der Waals surface area contributed by atoms with E-state index in [1.54, 1.807) is 24.3 Å². The zero-order valence-electron chi connectivity index (χ0n) is 9.58. The van der Waals surface area contributed by atoms with Gasteiger partial charge in [-0.25, -0.2) is 4.79 Å². The number of nitrogens with two attached hydrogens (primary N) is 1. The van der Waals surface area contributed by atoms with Gasteiger partial charge in [-0.15, -0.1) is 0 Å². The van der Waals surface area contributed by atoms with Crippen molar-refractivity contribution in [3.63, 3.8) is 0 Å². The van der Waals surface area contributed by atoms with Crippen LogP contribution in [0.25, 0.3) is 0 Å². The largest absolute Gasteiger partial charge is 0.457 e. The molecular formula is C13H17NO3. The predicted octanol–water partition coefficient (Wildman–Crippen LogP) is 1.08. The number of hydrogen-bond donors (Lipinski definition) is 2. The minimum Gasteiger partial charge on any atom is -0.457 e. The van der Waals surface area contributed by atoms with Gasteiger partial charge < -0.3 is 15.6 Å². The van der Waals surface area contributed by atoms with Crippen LogP contribution in [-0.4, -0.2) is 29.3 Å². The lowest BCUT2D eigenvalue weighted by molar-refractivity contribution is -0.00424. The van der Waals surface area contributed by atoms with E-state index in [1.807, 2.05) is 6.07 Å². The second-order valence-electron chi connectivity index (χ2n) is 4.44. The molecule has 17 heavy (non-hydrogen) atoms. The highest BCUT2D eigenvalue weighted by Gasteiger charge is 2.29. The zero-order chi connectivity index (χ0) is 12.3. The van der Waals surface area contributed by atoms with E-state index in [-0.39, 0.29) is 24.2 Å². The molecule has 0 bridgehead atoms. The van der Waals surface area contributed by atoms with Gasteiger partial charge in [0, 0.05) is 6.04 Å². The quantitative estimate of drug-likeness (QED) is 0.752. The third-order valence-electron chi connectivity index (χ3n) is 3.07. The van der Waals surface area contributed by atoms with Crippen molar-refractivity contribution >= 4 is 5.97 Å². The highest BCUT2D eigenvalue weighted by molar-refractivity contribution is 5.89. The highest BCUT2D eigenvalue weighted by atomic mass is 16.5. The van der Waals surface area contributed by atoms with Gasteiger partial charge >= 0.3 is 5.97 Å². The summed E-state index contributed by atoms with van der Waals surface area (Å²) in [5, 5.41) is 9.43. The molecule has 1 aliphatic rings. The fourth-order valence-corrected chi connectivity index (χ4v) is 2.08. The summed E-state index contributed by atoms with van der Waals surface area (Å²) in [6.07, 6.45) is 1.11. The molecule has 0 amide bonds. The molecule has 4 nitrogen and oxygen atoms in total. The van der Waals surface area contributed by atoms with Crippen LogP contribution in [0.2, 0.25) is 0 Å². The molecule has 1 saturated carbocycles. The second-order valence-corrected chi connectivity index (χ2v) is 4.44. The first-order valence-corrected chi connectivity index (χ1v) is 5.86. The first kappa shape index (κ1) is 12.1. The summed E-state index contributed by atoms with van der Waals surface area (Å²) in [6.45, 7) is 0. The van der Waals surface area contributed by atoms with Crippen molar-refractivity contribution in [1.82, 2.24) is 0 Å². The number of benzene rings is 1. The molecule has 92 valence electrons. The summed E-state index contributed by atoms with van der Waals surface area (Å²) < 4.78 is 5.36. The first-order chi connectivity index (χ1) is 8.16. The van der Waals surface area contributed by atoms with Crippen molar-refractivity contribution in [3.8, 4) is 0 Å². The Hall–Kier alpha value is -1.39. The van der Waals surface area contributed by atoms with Crippen molar-refractivity contribution < 1.29 is 14.6 Å². The number of ether oxygens (including phenoxy) is 1. The molecule has 2 unspecified atom stereocenters. The average molecular weight is 235 g/mol. The standard InChI is InChI=1S/C13H17NO3/c14-11-8-10(15)6-7-12(11)17-13(16)9-4-2-1-3-5-9/h1-5,10-12,15H,6-8,14H2/t10-,11?,12?/m1/s1. The lowest BCUT2D eigenvalue weighted by Gasteiger charge is -2.31. The monoisotopic (exact) mass is 235 g/mol. The van der Waals surface area contributed by atoms with Gasteiger partial charge in [0.2, 0.25) is 0 Å². The number of hydrogen-bond acceptors (Lipinski definition) is 4. The summed E-state index contributed by atoms with van der Waals surface area (Å²) in [5.41, 5.74) is 6.39. The molecule has 0 saturated heterocycles. The molecule has 0 radical (unpaired) electrons. The topological polar surface area (TPSA) is 72.6 Å². The Morgan fingerprint density at radius 2 is 2.00 bits per heavy atom. The number of esters is 1. The van der Waals surface area contributed by atoms with Gasteiger partial charge in [0.05, 0.1) is 11.7 Å². The molecule has 0 heterocycles. The summed E-state index contributed by atoms with van der Waals surface area (Å²) in [5.74, 6) is -0.345. The highest BCUT2D eigenvalue weighted by Crippen LogP contribution is 2.21. The normalized spacial score (nSPS) is 28.7. The van der Waals surface area contributed by atoms with Crippen LogP contribution in [0.3, 0.4) is 0 Å². The molecule has 2 rings (SSSR count). The van der Waals surface area contributed by atoms with Crippen LogP contribution < -0.4 is 5.73 Å². The van der Waals surface area contributed by atoms with Gasteiger partial charge in [0.1, 0.15) is 6.10 Å². The summed E-state index contributed by atoms with van der Waals surface area (Å²) in [6, 6.07) is 8.59. The number of carbonyl (C=O) groups excluding carboxylic acids is 1. The van der Waals surface area contributed by atoms with Crippen molar-refractivity contribution in [2.45, 2.75) is 37.5 Å². The summed E-state index contributed by atoms with van der Waals surface area (Å²) >= 11 is 0. The molecule has 3 N–H and O–H groups in total. The van der Waals surface area contributed by atoms with Crippen molar-refractivity contribution in [2.24, 2.45) is 5.73 Å². The van der Waals surface area contributed by atoms with E-state index >= 15 is 0 Å². The van der Waals surface area contributed by atoms with Crippen LogP contribution in [0.4, 0.5) is 0 Å². The van der Waals surface area contributed by atoms with Crippen LogP contribution >= 0.6 is 0 Å². The maximum Gasteiger partial charge on any atom is 0.338 e. The minimum absolute atomic E-state index is 0.272. The third-order valence-corrected chi connectivity index (χ3v) is 3.07. The minimum atomic E-state index is -0.364. The van der Waals surface area contributed by atoms with Crippen LogP contribution in [0, 0.1) is 0 Å². The summed E-state index contributed by atoms with van der Waals surface area (Å²) in [7, 11) is 0. The lowest BCUT2D eigenvalue weighted by Crippen LogP contribution is -2.44. The van der Waals surface area contributed by atoms with Gasteiger partial charge in [-0.1, -0.05) is 18.2 Å². The van der Waals surface area contributed by atoms with Gasteiger partial charge in [-0.3, -0.25) is 0 Å². The van der Waals surface area contributed by atoms with E-state index in [9.17, 15) is 9.90 Å². The SMILES string of the molecule is NC1C[C@H](O)CCC1OC(=O)c1ccccc1. The van der Waals surface area contributed by atoms with E-state index in [2.05, 4.69) is 0 Å². The van der Waals surface area contributed by atoms with E-state index in [0.29, 0.717) is 24.8 Å². The van der Waals surface area contributed by atoms with Crippen LogP contribution in [0.15, 0.2) is 30.3 Å². The number of aliphatic hydroxyl groups excluding tert-OH is 1. The summed E-state index contributed by atoms with van der Waals surface area (Å²) in [4.78, 5) is 11.8.